The Morgan fingerprint density at radius 1 is 1.50 bits per heavy atom. The molecule has 1 heteroatoms. The van der Waals surface area contributed by atoms with E-state index in [2.05, 4.69) is 0 Å². The molecule has 0 bridgehead atoms. The molecule has 0 spiro atoms. The maximum Gasteiger partial charge on any atom is 0.103 e. The normalized spacial score (nSPS) is 38.2. The lowest BCUT2D eigenvalue weighted by Crippen LogP contribution is -2.06. The van der Waals surface area contributed by atoms with Crippen molar-refractivity contribution in [3.63, 3.8) is 0 Å². The number of halogens is 1. The Kier molecular flexibility index (Phi) is 1.87. The van der Waals surface area contributed by atoms with Crippen LogP contribution in [0, 0.1) is 12.3 Å². The summed E-state index contributed by atoms with van der Waals surface area (Å²) in [6, 6.07) is 0. The van der Waals surface area contributed by atoms with Gasteiger partial charge in [0.15, 0.2) is 0 Å². The van der Waals surface area contributed by atoms with Crippen molar-refractivity contribution in [1.29, 1.82) is 0 Å². The quantitative estimate of drug-likeness (QED) is 0.492. The van der Waals surface area contributed by atoms with Crippen LogP contribution in [-0.2, 0) is 0 Å². The van der Waals surface area contributed by atoms with Gasteiger partial charge in [0.05, 0.1) is 0 Å². The molecular formula is C7H12F. The van der Waals surface area contributed by atoms with Crippen molar-refractivity contribution in [3.8, 4) is 0 Å². The zero-order valence-corrected chi connectivity index (χ0v) is 5.23. The van der Waals surface area contributed by atoms with Gasteiger partial charge < -0.3 is 0 Å². The van der Waals surface area contributed by atoms with E-state index in [0.29, 0.717) is 0 Å². The Hall–Kier alpha value is -0.0700. The van der Waals surface area contributed by atoms with Crippen LogP contribution in [0.25, 0.3) is 0 Å². The van der Waals surface area contributed by atoms with Gasteiger partial charge in [-0.05, 0) is 25.2 Å². The Morgan fingerprint density at radius 2 is 2.25 bits per heavy atom. The summed E-state index contributed by atoms with van der Waals surface area (Å²) in [6.45, 7) is 1.95. The van der Waals surface area contributed by atoms with E-state index in [0.717, 1.165) is 19.3 Å². The second kappa shape index (κ2) is 2.47. The number of rotatable bonds is 1. The van der Waals surface area contributed by atoms with Crippen molar-refractivity contribution in [1.82, 2.24) is 0 Å². The summed E-state index contributed by atoms with van der Waals surface area (Å²) in [6.07, 6.45) is 4.39. The third-order valence-corrected chi connectivity index (χ3v) is 1.91. The van der Waals surface area contributed by atoms with E-state index in [4.69, 9.17) is 0 Å². The molecule has 0 aromatic rings. The van der Waals surface area contributed by atoms with Gasteiger partial charge in [-0.15, -0.1) is 0 Å². The molecule has 1 saturated carbocycles. The molecule has 0 aliphatic heterocycles. The topological polar surface area (TPSA) is 0 Å². The standard InChI is InChI=1S/C7H12F/c1-2-6-4-3-5-7(6)8/h2,6-7H,3-5H2,1H3. The van der Waals surface area contributed by atoms with E-state index in [-0.39, 0.29) is 5.92 Å². The van der Waals surface area contributed by atoms with Crippen LogP contribution < -0.4 is 0 Å². The van der Waals surface area contributed by atoms with Crippen LogP contribution in [0.3, 0.4) is 0 Å². The highest BCUT2D eigenvalue weighted by Gasteiger charge is 2.24. The summed E-state index contributed by atoms with van der Waals surface area (Å²) < 4.78 is 12.6. The zero-order chi connectivity index (χ0) is 5.98. The molecular weight excluding hydrogens is 103 g/mol. The Labute approximate surface area is 50.1 Å². The number of alkyl halides is 1. The second-order valence-corrected chi connectivity index (χ2v) is 2.44. The molecule has 0 aromatic carbocycles. The van der Waals surface area contributed by atoms with Crippen LogP contribution in [0.15, 0.2) is 0 Å². The molecule has 0 N–H and O–H groups in total. The predicted molar refractivity (Wildman–Crippen MR) is 32.2 cm³/mol. The van der Waals surface area contributed by atoms with Gasteiger partial charge >= 0.3 is 0 Å². The molecule has 0 aromatic heterocycles. The monoisotopic (exact) mass is 115 g/mol. The molecule has 1 rings (SSSR count). The van der Waals surface area contributed by atoms with E-state index in [1.54, 1.807) is 0 Å². The molecule has 47 valence electrons. The molecule has 1 aliphatic carbocycles. The first kappa shape index (κ1) is 6.06. The first-order valence-electron chi connectivity index (χ1n) is 3.28. The minimum atomic E-state index is -0.528. The van der Waals surface area contributed by atoms with Crippen molar-refractivity contribution in [3.05, 3.63) is 6.42 Å². The molecule has 0 heterocycles. The molecule has 0 nitrogen and oxygen atoms in total. The smallest absolute Gasteiger partial charge is 0.103 e. The third-order valence-electron chi connectivity index (χ3n) is 1.91. The van der Waals surface area contributed by atoms with Crippen molar-refractivity contribution in [2.24, 2.45) is 5.92 Å². The summed E-state index contributed by atoms with van der Waals surface area (Å²) in [5.41, 5.74) is 0. The van der Waals surface area contributed by atoms with Crippen molar-refractivity contribution >= 4 is 0 Å². The Bertz CT molecular complexity index is 70.8. The highest BCUT2D eigenvalue weighted by molar-refractivity contribution is 4.84. The number of hydrogen-bond donors (Lipinski definition) is 0. The Balaban J connectivity index is 2.30. The van der Waals surface area contributed by atoms with Gasteiger partial charge in [-0.1, -0.05) is 13.3 Å². The molecule has 8 heavy (non-hydrogen) atoms. The lowest BCUT2D eigenvalue weighted by molar-refractivity contribution is 0.286. The second-order valence-electron chi connectivity index (χ2n) is 2.44. The van der Waals surface area contributed by atoms with Gasteiger partial charge in [0.25, 0.3) is 0 Å². The molecule has 2 atom stereocenters. The molecule has 1 aliphatic rings. The lowest BCUT2D eigenvalue weighted by atomic mass is 10.0. The van der Waals surface area contributed by atoms with Crippen molar-refractivity contribution in [2.75, 3.05) is 0 Å². The van der Waals surface area contributed by atoms with Crippen LogP contribution in [0.2, 0.25) is 0 Å². The summed E-state index contributed by atoms with van der Waals surface area (Å²) in [4.78, 5) is 0. The highest BCUT2D eigenvalue weighted by Crippen LogP contribution is 2.29. The minimum absolute atomic E-state index is 0.273. The SMILES string of the molecule is C[CH]C1CCCC1F. The van der Waals surface area contributed by atoms with E-state index < -0.39 is 6.17 Å². The van der Waals surface area contributed by atoms with E-state index >= 15 is 0 Å². The average molecular weight is 115 g/mol. The lowest BCUT2D eigenvalue weighted by Gasteiger charge is -2.06. The molecule has 2 unspecified atom stereocenters. The fraction of sp³-hybridized carbons (Fsp3) is 0.857. The van der Waals surface area contributed by atoms with Gasteiger partial charge in [-0.3, -0.25) is 0 Å². The fourth-order valence-corrected chi connectivity index (χ4v) is 1.32. The van der Waals surface area contributed by atoms with Crippen molar-refractivity contribution < 1.29 is 4.39 Å². The van der Waals surface area contributed by atoms with Crippen LogP contribution in [0.1, 0.15) is 26.2 Å². The molecule has 1 fully saturated rings. The van der Waals surface area contributed by atoms with Gasteiger partial charge in [0.1, 0.15) is 6.17 Å². The van der Waals surface area contributed by atoms with E-state index in [1.165, 1.54) is 0 Å². The van der Waals surface area contributed by atoms with Crippen LogP contribution in [0.5, 0.6) is 0 Å². The van der Waals surface area contributed by atoms with Gasteiger partial charge in [-0.25, -0.2) is 4.39 Å². The van der Waals surface area contributed by atoms with Crippen molar-refractivity contribution in [2.45, 2.75) is 32.4 Å². The fourth-order valence-electron chi connectivity index (χ4n) is 1.32. The van der Waals surface area contributed by atoms with E-state index in [9.17, 15) is 4.39 Å². The van der Waals surface area contributed by atoms with E-state index in [1.807, 2.05) is 13.3 Å². The first-order chi connectivity index (χ1) is 3.84. The molecule has 0 saturated heterocycles. The van der Waals surface area contributed by atoms with Crippen LogP contribution in [0.4, 0.5) is 4.39 Å². The summed E-state index contributed by atoms with van der Waals surface area (Å²) in [5, 5.41) is 0. The molecule has 1 radical (unpaired) electrons. The van der Waals surface area contributed by atoms with Gasteiger partial charge in [-0.2, -0.15) is 0 Å². The summed E-state index contributed by atoms with van der Waals surface area (Å²) in [7, 11) is 0. The Morgan fingerprint density at radius 3 is 2.50 bits per heavy atom. The van der Waals surface area contributed by atoms with Gasteiger partial charge in [0.2, 0.25) is 0 Å². The predicted octanol–water partition coefficient (Wildman–Crippen LogP) is 2.35. The maximum atomic E-state index is 12.6. The average Bonchev–Trinajstić information content (AvgIpc) is 2.14. The largest absolute Gasteiger partial charge is 0.247 e. The molecule has 0 amide bonds. The van der Waals surface area contributed by atoms with Gasteiger partial charge in [0, 0.05) is 0 Å². The minimum Gasteiger partial charge on any atom is -0.247 e. The summed E-state index contributed by atoms with van der Waals surface area (Å²) in [5.74, 6) is 0.273. The van der Waals surface area contributed by atoms with Crippen LogP contribution >= 0.6 is 0 Å². The summed E-state index contributed by atoms with van der Waals surface area (Å²) >= 11 is 0. The van der Waals surface area contributed by atoms with Crippen LogP contribution in [-0.4, -0.2) is 6.17 Å². The highest BCUT2D eigenvalue weighted by atomic mass is 19.1. The number of hydrogen-bond acceptors (Lipinski definition) is 0. The third kappa shape index (κ3) is 1.01. The zero-order valence-electron chi connectivity index (χ0n) is 5.23. The maximum absolute atomic E-state index is 12.6. The first-order valence-corrected chi connectivity index (χ1v) is 3.28.